The first-order valence-corrected chi connectivity index (χ1v) is 37.1. The molecule has 0 saturated carbocycles. The molecule has 0 aromatic rings. The molecule has 0 aromatic heterocycles. The topological polar surface area (TPSA) is 95.9 Å². The second-order valence-corrected chi connectivity index (χ2v) is 25.3. The van der Waals surface area contributed by atoms with Crippen LogP contribution in [0.4, 0.5) is 0 Å². The van der Waals surface area contributed by atoms with Crippen LogP contribution in [0.1, 0.15) is 393 Å². The van der Waals surface area contributed by atoms with Crippen molar-refractivity contribution in [1.29, 1.82) is 0 Å². The molecular weight excluding hydrogens is 1020 g/mol. The molecule has 0 aromatic carbocycles. The van der Waals surface area contributed by atoms with Gasteiger partial charge in [0, 0.05) is 12.8 Å². The lowest BCUT2D eigenvalue weighted by Crippen LogP contribution is -2.45. The van der Waals surface area contributed by atoms with E-state index in [-0.39, 0.29) is 18.5 Å². The highest BCUT2D eigenvalue weighted by Crippen LogP contribution is 2.18. The van der Waals surface area contributed by atoms with Gasteiger partial charge >= 0.3 is 5.97 Å². The fourth-order valence-corrected chi connectivity index (χ4v) is 11.3. The summed E-state index contributed by atoms with van der Waals surface area (Å²) in [6.45, 7) is 4.89. The van der Waals surface area contributed by atoms with Gasteiger partial charge in [-0.05, 0) is 96.3 Å². The van der Waals surface area contributed by atoms with Gasteiger partial charge in [0.1, 0.15) is 0 Å². The monoisotopic (exact) mass is 1160 g/mol. The Morgan fingerprint density at radius 2 is 0.602 bits per heavy atom. The molecule has 0 aliphatic carbocycles. The largest absolute Gasteiger partial charge is 0.466 e. The van der Waals surface area contributed by atoms with E-state index in [0.29, 0.717) is 19.4 Å². The standard InChI is InChI=1S/C77H143NO5/c1-3-5-7-9-11-13-15-17-19-39-43-47-51-55-59-63-67-71-77(82)83-72-68-64-60-56-52-48-44-41-38-36-34-32-30-28-26-24-22-20-21-23-25-27-29-31-33-35-37-40-42-46-50-54-58-62-66-70-76(81)78-74(73-79)75(80)69-65-61-57-53-49-45-18-16-14-12-10-8-6-4-2/h11,13,17,19,22,24,28,30,65,69,74-75,79-80H,3-10,12,14-16,18,20-21,23,25-27,29,31-64,66-68,70-73H2,1-2H3,(H,78,81)/b13-11-,19-17-,24-22-,30-28-,69-65+. The Hall–Kier alpha value is -2.44. The van der Waals surface area contributed by atoms with E-state index in [1.165, 1.54) is 308 Å². The summed E-state index contributed by atoms with van der Waals surface area (Å²) in [5.41, 5.74) is 0. The van der Waals surface area contributed by atoms with Crippen molar-refractivity contribution in [1.82, 2.24) is 5.32 Å². The number of unbranched alkanes of at least 4 members (excludes halogenated alkanes) is 50. The van der Waals surface area contributed by atoms with Gasteiger partial charge in [0.25, 0.3) is 0 Å². The van der Waals surface area contributed by atoms with E-state index in [0.717, 1.165) is 57.8 Å². The average Bonchev–Trinajstić information content (AvgIpc) is 3.49. The Bertz CT molecular complexity index is 1430. The number of allylic oxidation sites excluding steroid dienone is 9. The molecule has 2 unspecified atom stereocenters. The number of esters is 1. The quantitative estimate of drug-likeness (QED) is 0.0320. The molecular formula is C77H143NO5. The first kappa shape index (κ1) is 80.6. The first-order valence-electron chi connectivity index (χ1n) is 37.1. The van der Waals surface area contributed by atoms with Gasteiger partial charge in [0.2, 0.25) is 5.91 Å². The zero-order valence-electron chi connectivity index (χ0n) is 55.7. The SMILES string of the molecule is CCCCC/C=C\C/C=C\CCCCCCCCCC(=O)OCCCCCCCCCCCCC/C=C\C/C=C\CCCCCCCCCCCCCCCCCCCC(=O)NC(CO)C(O)/C=C/CCCCCCCCCCCCCC. The zero-order valence-corrected chi connectivity index (χ0v) is 55.7. The van der Waals surface area contributed by atoms with Crippen molar-refractivity contribution in [3.63, 3.8) is 0 Å². The van der Waals surface area contributed by atoms with E-state index in [9.17, 15) is 19.8 Å². The lowest BCUT2D eigenvalue weighted by molar-refractivity contribution is -0.143. The Morgan fingerprint density at radius 1 is 0.337 bits per heavy atom. The van der Waals surface area contributed by atoms with Crippen molar-refractivity contribution in [3.8, 4) is 0 Å². The fourth-order valence-electron chi connectivity index (χ4n) is 11.3. The van der Waals surface area contributed by atoms with Crippen molar-refractivity contribution in [2.45, 2.75) is 405 Å². The van der Waals surface area contributed by atoms with Gasteiger partial charge in [-0.15, -0.1) is 0 Å². The van der Waals surface area contributed by atoms with Crippen LogP contribution in [-0.4, -0.2) is 47.4 Å². The summed E-state index contributed by atoms with van der Waals surface area (Å²) in [5, 5.41) is 23.2. The summed E-state index contributed by atoms with van der Waals surface area (Å²) in [4.78, 5) is 24.6. The molecule has 0 aliphatic rings. The van der Waals surface area contributed by atoms with E-state index in [1.54, 1.807) is 6.08 Å². The third-order valence-corrected chi connectivity index (χ3v) is 17.0. The van der Waals surface area contributed by atoms with Crippen molar-refractivity contribution in [2.75, 3.05) is 13.2 Å². The number of aliphatic hydroxyl groups excluding tert-OH is 2. The van der Waals surface area contributed by atoms with Gasteiger partial charge in [0.05, 0.1) is 25.4 Å². The third kappa shape index (κ3) is 68.5. The Morgan fingerprint density at radius 3 is 0.940 bits per heavy atom. The van der Waals surface area contributed by atoms with Gasteiger partial charge in [-0.2, -0.15) is 0 Å². The molecule has 486 valence electrons. The van der Waals surface area contributed by atoms with E-state index >= 15 is 0 Å². The number of ether oxygens (including phenoxy) is 1. The van der Waals surface area contributed by atoms with E-state index in [1.807, 2.05) is 6.08 Å². The lowest BCUT2D eigenvalue weighted by atomic mass is 10.0. The minimum absolute atomic E-state index is 0.00871. The predicted octanol–water partition coefficient (Wildman–Crippen LogP) is 24.2. The summed E-state index contributed by atoms with van der Waals surface area (Å²) in [7, 11) is 0. The van der Waals surface area contributed by atoms with Crippen molar-refractivity contribution in [2.24, 2.45) is 0 Å². The van der Waals surface area contributed by atoms with Crippen LogP contribution in [0.15, 0.2) is 60.8 Å². The molecule has 6 heteroatoms. The van der Waals surface area contributed by atoms with Gasteiger partial charge < -0.3 is 20.3 Å². The van der Waals surface area contributed by atoms with Crippen molar-refractivity contribution in [3.05, 3.63) is 60.8 Å². The van der Waals surface area contributed by atoms with E-state index in [4.69, 9.17) is 4.74 Å². The first-order chi connectivity index (χ1) is 41.0. The minimum Gasteiger partial charge on any atom is -0.466 e. The molecule has 0 saturated heterocycles. The molecule has 0 fully saturated rings. The van der Waals surface area contributed by atoms with E-state index < -0.39 is 12.1 Å². The summed E-state index contributed by atoms with van der Waals surface area (Å²) < 4.78 is 5.50. The Kier molecular flexibility index (Phi) is 69.9. The zero-order chi connectivity index (χ0) is 59.9. The number of aliphatic hydroxyl groups is 2. The molecule has 0 bridgehead atoms. The highest BCUT2D eigenvalue weighted by Gasteiger charge is 2.18. The molecule has 0 aliphatic heterocycles. The highest BCUT2D eigenvalue weighted by atomic mass is 16.5. The second-order valence-electron chi connectivity index (χ2n) is 25.3. The van der Waals surface area contributed by atoms with Crippen molar-refractivity contribution < 1.29 is 24.5 Å². The van der Waals surface area contributed by atoms with E-state index in [2.05, 4.69) is 67.8 Å². The summed E-state index contributed by atoms with van der Waals surface area (Å²) >= 11 is 0. The van der Waals surface area contributed by atoms with Crippen LogP contribution in [0, 0.1) is 0 Å². The van der Waals surface area contributed by atoms with Crippen LogP contribution in [0.3, 0.4) is 0 Å². The Labute approximate surface area is 518 Å². The number of hydrogen-bond donors (Lipinski definition) is 3. The fraction of sp³-hybridized carbons (Fsp3) is 0.844. The van der Waals surface area contributed by atoms with Crippen LogP contribution in [-0.2, 0) is 14.3 Å². The summed E-state index contributed by atoms with van der Waals surface area (Å²) in [6, 6.07) is -0.626. The lowest BCUT2D eigenvalue weighted by Gasteiger charge is -2.20. The maximum absolute atomic E-state index is 12.5. The molecule has 3 N–H and O–H groups in total. The number of nitrogens with one attached hydrogen (secondary N) is 1. The normalized spacial score (nSPS) is 12.9. The Balaban J connectivity index is 3.38. The minimum atomic E-state index is -0.843. The highest BCUT2D eigenvalue weighted by molar-refractivity contribution is 5.76. The summed E-state index contributed by atoms with van der Waals surface area (Å²) in [6.07, 6.45) is 96.1. The molecule has 0 rings (SSSR count). The van der Waals surface area contributed by atoms with Gasteiger partial charge in [-0.1, -0.05) is 344 Å². The van der Waals surface area contributed by atoms with Crippen LogP contribution < -0.4 is 5.32 Å². The molecule has 0 spiro atoms. The molecule has 6 nitrogen and oxygen atoms in total. The average molecular weight is 1160 g/mol. The molecule has 83 heavy (non-hydrogen) atoms. The van der Waals surface area contributed by atoms with Crippen LogP contribution in [0.5, 0.6) is 0 Å². The maximum atomic E-state index is 12.5. The van der Waals surface area contributed by atoms with Crippen LogP contribution >= 0.6 is 0 Å². The number of carbonyl (C=O) groups is 2. The summed E-state index contributed by atoms with van der Waals surface area (Å²) in [5.74, 6) is -0.0557. The number of carbonyl (C=O) groups excluding carboxylic acids is 2. The number of rotatable bonds is 69. The number of amides is 1. The predicted molar refractivity (Wildman–Crippen MR) is 365 cm³/mol. The van der Waals surface area contributed by atoms with Crippen molar-refractivity contribution >= 4 is 11.9 Å². The van der Waals surface area contributed by atoms with Gasteiger partial charge in [-0.25, -0.2) is 0 Å². The van der Waals surface area contributed by atoms with Crippen LogP contribution in [0.25, 0.3) is 0 Å². The van der Waals surface area contributed by atoms with Gasteiger partial charge in [0.15, 0.2) is 0 Å². The molecule has 2 atom stereocenters. The molecule has 0 heterocycles. The molecule has 1 amide bonds. The smallest absolute Gasteiger partial charge is 0.305 e. The number of hydrogen-bond acceptors (Lipinski definition) is 5. The van der Waals surface area contributed by atoms with Crippen LogP contribution in [0.2, 0.25) is 0 Å². The van der Waals surface area contributed by atoms with Gasteiger partial charge in [-0.3, -0.25) is 9.59 Å². The third-order valence-electron chi connectivity index (χ3n) is 17.0. The molecule has 0 radical (unpaired) electrons. The second kappa shape index (κ2) is 72.0. The maximum Gasteiger partial charge on any atom is 0.305 e.